The predicted octanol–water partition coefficient (Wildman–Crippen LogP) is 4.36. The normalized spacial score (nSPS) is 11.1. The van der Waals surface area contributed by atoms with Gasteiger partial charge in [-0.1, -0.05) is 25.2 Å². The Kier molecular flexibility index (Phi) is 7.29. The maximum absolute atomic E-state index is 13.5. The molecule has 0 bridgehead atoms. The van der Waals surface area contributed by atoms with Crippen LogP contribution in [0.4, 0.5) is 10.8 Å². The van der Waals surface area contributed by atoms with Crippen molar-refractivity contribution in [3.8, 4) is 5.75 Å². The van der Waals surface area contributed by atoms with Crippen molar-refractivity contribution in [2.24, 2.45) is 0 Å². The summed E-state index contributed by atoms with van der Waals surface area (Å²) in [6.45, 7) is 7.57. The second-order valence-corrected chi connectivity index (χ2v) is 8.26. The molecule has 0 saturated heterocycles. The van der Waals surface area contributed by atoms with Crippen LogP contribution < -0.4 is 14.5 Å². The molecule has 0 aliphatic heterocycles. The molecule has 160 valence electrons. The van der Waals surface area contributed by atoms with Crippen LogP contribution >= 0.6 is 11.3 Å². The fraction of sp³-hybridized carbons (Fsp3) is 0.391. The number of ether oxygens (including phenoxy) is 1. The van der Waals surface area contributed by atoms with Gasteiger partial charge in [-0.05, 0) is 49.5 Å². The molecule has 0 atom stereocenters. The fourth-order valence-electron chi connectivity index (χ4n) is 3.26. The molecule has 1 aromatic heterocycles. The van der Waals surface area contributed by atoms with Crippen LogP contribution in [0.15, 0.2) is 42.5 Å². The van der Waals surface area contributed by atoms with E-state index in [2.05, 4.69) is 18.7 Å². The Morgan fingerprint density at radius 3 is 2.33 bits per heavy atom. The number of rotatable bonds is 9. The number of hydrogen-bond acceptors (Lipinski definition) is 6. The predicted molar refractivity (Wildman–Crippen MR) is 126 cm³/mol. The molecule has 30 heavy (non-hydrogen) atoms. The number of hydrogen-bond donors (Lipinski definition) is 0. The van der Waals surface area contributed by atoms with Gasteiger partial charge in [0.25, 0.3) is 5.91 Å². The summed E-state index contributed by atoms with van der Waals surface area (Å²) >= 11 is 1.53. The van der Waals surface area contributed by atoms with Crippen molar-refractivity contribution in [3.05, 3.63) is 48.0 Å². The molecule has 7 heteroatoms. The number of thiazole rings is 1. The molecule has 2 aromatic carbocycles. The highest BCUT2D eigenvalue weighted by atomic mass is 32.1. The van der Waals surface area contributed by atoms with Crippen LogP contribution in [0.25, 0.3) is 10.2 Å². The minimum atomic E-state index is -0.0292. The Labute approximate surface area is 182 Å². The van der Waals surface area contributed by atoms with Gasteiger partial charge in [0.1, 0.15) is 5.75 Å². The van der Waals surface area contributed by atoms with E-state index in [0.29, 0.717) is 17.2 Å². The van der Waals surface area contributed by atoms with Gasteiger partial charge in [-0.15, -0.1) is 0 Å². The summed E-state index contributed by atoms with van der Waals surface area (Å²) in [5, 5.41) is 0.715. The number of anilines is 2. The Morgan fingerprint density at radius 2 is 1.73 bits per heavy atom. The third-order valence-corrected chi connectivity index (χ3v) is 6.28. The summed E-state index contributed by atoms with van der Waals surface area (Å²) in [6, 6.07) is 13.5. The number of methoxy groups -OCH3 is 1. The first-order chi connectivity index (χ1) is 14.5. The molecular weight excluding hydrogens is 396 g/mol. The second kappa shape index (κ2) is 9.91. The van der Waals surface area contributed by atoms with E-state index in [1.807, 2.05) is 61.5 Å². The largest absolute Gasteiger partial charge is 0.497 e. The van der Waals surface area contributed by atoms with Crippen LogP contribution in [0.3, 0.4) is 0 Å². The Bertz CT molecular complexity index is 981. The molecule has 6 nitrogen and oxygen atoms in total. The van der Waals surface area contributed by atoms with E-state index in [1.54, 1.807) is 12.0 Å². The molecular formula is C23H30N4O2S. The lowest BCUT2D eigenvalue weighted by Crippen LogP contribution is -2.38. The highest BCUT2D eigenvalue weighted by molar-refractivity contribution is 7.22. The molecule has 0 aliphatic rings. The third kappa shape index (κ3) is 4.91. The third-order valence-electron chi connectivity index (χ3n) is 5.22. The van der Waals surface area contributed by atoms with E-state index in [-0.39, 0.29) is 5.91 Å². The number of nitrogens with zero attached hydrogens (tertiary/aromatic N) is 4. The zero-order valence-corrected chi connectivity index (χ0v) is 19.2. The van der Waals surface area contributed by atoms with E-state index >= 15 is 0 Å². The van der Waals surface area contributed by atoms with Gasteiger partial charge in [0.05, 0.1) is 17.3 Å². The molecule has 0 spiro atoms. The molecule has 3 rings (SSSR count). The monoisotopic (exact) mass is 426 g/mol. The highest BCUT2D eigenvalue weighted by Crippen LogP contribution is 2.32. The summed E-state index contributed by atoms with van der Waals surface area (Å²) < 4.78 is 6.36. The first kappa shape index (κ1) is 22.1. The number of benzene rings is 2. The summed E-state index contributed by atoms with van der Waals surface area (Å²) in [5.41, 5.74) is 2.57. The van der Waals surface area contributed by atoms with Crippen molar-refractivity contribution < 1.29 is 9.53 Å². The maximum atomic E-state index is 13.5. The zero-order valence-electron chi connectivity index (χ0n) is 18.4. The van der Waals surface area contributed by atoms with E-state index in [1.165, 1.54) is 11.3 Å². The maximum Gasteiger partial charge on any atom is 0.260 e. The number of likely N-dealkylation sites (N-methyl/N-ethyl adjacent to an activating group) is 1. The second-order valence-electron chi connectivity index (χ2n) is 7.26. The summed E-state index contributed by atoms with van der Waals surface area (Å²) in [6.07, 6.45) is 0. The molecule has 0 aliphatic carbocycles. The van der Waals surface area contributed by atoms with Crippen LogP contribution in [0, 0.1) is 0 Å². The fourth-order valence-corrected chi connectivity index (χ4v) is 4.23. The molecule has 0 unspecified atom stereocenters. The highest BCUT2D eigenvalue weighted by Gasteiger charge is 2.22. The van der Waals surface area contributed by atoms with Crippen molar-refractivity contribution in [1.29, 1.82) is 0 Å². The van der Waals surface area contributed by atoms with Gasteiger partial charge in [-0.25, -0.2) is 4.98 Å². The van der Waals surface area contributed by atoms with E-state index in [0.717, 1.165) is 41.3 Å². The van der Waals surface area contributed by atoms with Crippen molar-refractivity contribution in [2.75, 3.05) is 57.2 Å². The van der Waals surface area contributed by atoms with E-state index in [9.17, 15) is 4.79 Å². The molecule has 0 radical (unpaired) electrons. The number of fused-ring (bicyclic) bond motifs is 1. The van der Waals surface area contributed by atoms with Gasteiger partial charge < -0.3 is 14.5 Å². The molecule has 1 amide bonds. The lowest BCUT2D eigenvalue weighted by Gasteiger charge is -2.25. The lowest BCUT2D eigenvalue weighted by molar-refractivity contribution is 0.0984. The molecule has 0 N–H and O–H groups in total. The van der Waals surface area contributed by atoms with Gasteiger partial charge in [-0.3, -0.25) is 9.69 Å². The Morgan fingerprint density at radius 1 is 1.03 bits per heavy atom. The molecule has 0 fully saturated rings. The van der Waals surface area contributed by atoms with Crippen LogP contribution in [0.5, 0.6) is 5.75 Å². The van der Waals surface area contributed by atoms with E-state index in [4.69, 9.17) is 9.72 Å². The lowest BCUT2D eigenvalue weighted by atomic mass is 10.1. The number of aromatic nitrogens is 1. The topological polar surface area (TPSA) is 48.9 Å². The Balaban J connectivity index is 1.94. The average molecular weight is 427 g/mol. The Hall–Kier alpha value is -2.64. The van der Waals surface area contributed by atoms with Gasteiger partial charge >= 0.3 is 0 Å². The zero-order chi connectivity index (χ0) is 21.7. The van der Waals surface area contributed by atoms with Crippen molar-refractivity contribution in [1.82, 2.24) is 9.88 Å². The molecule has 0 saturated carbocycles. The number of carbonyl (C=O) groups is 1. The molecule has 1 heterocycles. The number of carbonyl (C=O) groups excluding carboxylic acids is 1. The van der Waals surface area contributed by atoms with Crippen LogP contribution in [-0.4, -0.2) is 63.2 Å². The smallest absolute Gasteiger partial charge is 0.260 e. The summed E-state index contributed by atoms with van der Waals surface area (Å²) in [7, 11) is 5.62. The van der Waals surface area contributed by atoms with Crippen molar-refractivity contribution in [2.45, 2.75) is 13.8 Å². The van der Waals surface area contributed by atoms with Crippen molar-refractivity contribution >= 4 is 38.3 Å². The molecule has 3 aromatic rings. The standard InChI is InChI=1S/C23H30N4O2S/c1-6-26(7-2)14-15-27(22(28)17-8-10-18(11-9-17)25(3)4)23-24-20-16-19(29-5)12-13-21(20)30-23/h8-13,16H,6-7,14-15H2,1-5H3. The quantitative estimate of drug-likeness (QED) is 0.509. The van der Waals surface area contributed by atoms with Crippen LogP contribution in [0.1, 0.15) is 24.2 Å². The van der Waals surface area contributed by atoms with Crippen LogP contribution in [-0.2, 0) is 0 Å². The summed E-state index contributed by atoms with van der Waals surface area (Å²) in [4.78, 5) is 24.3. The average Bonchev–Trinajstić information content (AvgIpc) is 3.19. The van der Waals surface area contributed by atoms with Crippen molar-refractivity contribution in [3.63, 3.8) is 0 Å². The first-order valence-electron chi connectivity index (χ1n) is 10.2. The van der Waals surface area contributed by atoms with Gasteiger partial charge in [0, 0.05) is 44.5 Å². The van der Waals surface area contributed by atoms with Gasteiger partial charge in [0.2, 0.25) is 0 Å². The van der Waals surface area contributed by atoms with Gasteiger partial charge in [0.15, 0.2) is 5.13 Å². The van der Waals surface area contributed by atoms with E-state index < -0.39 is 0 Å². The first-order valence-corrected chi connectivity index (χ1v) is 11.0. The van der Waals surface area contributed by atoms with Crippen LogP contribution in [0.2, 0.25) is 0 Å². The minimum absolute atomic E-state index is 0.0292. The minimum Gasteiger partial charge on any atom is -0.497 e. The SMILES string of the molecule is CCN(CC)CCN(C(=O)c1ccc(N(C)C)cc1)c1nc2cc(OC)ccc2s1. The van der Waals surface area contributed by atoms with Gasteiger partial charge in [-0.2, -0.15) is 0 Å². The number of amides is 1. The summed E-state index contributed by atoms with van der Waals surface area (Å²) in [5.74, 6) is 0.734.